The molecule has 30 heavy (non-hydrogen) atoms. The first-order valence-electron chi connectivity index (χ1n) is 10.4. The van der Waals surface area contributed by atoms with Crippen LogP contribution in [0.3, 0.4) is 0 Å². The largest absolute Gasteiger partial charge is 0.255 e. The molecular formula is C26H28N2Si2. The fourth-order valence-electron chi connectivity index (χ4n) is 3.87. The van der Waals surface area contributed by atoms with Gasteiger partial charge in [0.05, 0.1) is 11.4 Å². The van der Waals surface area contributed by atoms with Gasteiger partial charge in [-0.1, -0.05) is 109 Å². The molecule has 0 aliphatic heterocycles. The Morgan fingerprint density at radius 3 is 1.10 bits per heavy atom. The highest BCUT2D eigenvalue weighted by Crippen LogP contribution is 2.14. The lowest BCUT2D eigenvalue weighted by atomic mass is 10.2. The van der Waals surface area contributed by atoms with Gasteiger partial charge in [0, 0.05) is 12.4 Å². The molecule has 0 aliphatic rings. The van der Waals surface area contributed by atoms with Crippen molar-refractivity contribution >= 4 is 36.9 Å². The van der Waals surface area contributed by atoms with Crippen LogP contribution in [0.4, 0.5) is 0 Å². The number of pyridine rings is 2. The monoisotopic (exact) mass is 424 g/mol. The minimum absolute atomic E-state index is 0.933. The zero-order valence-electron chi connectivity index (χ0n) is 18.1. The SMILES string of the molecule is C[Si](C)(c1ccccc1)c1ccc(-c2ccc([Si](C)(C)c3ccccc3)cn2)nc1. The van der Waals surface area contributed by atoms with Crippen molar-refractivity contribution < 1.29 is 0 Å². The Labute approximate surface area is 181 Å². The van der Waals surface area contributed by atoms with Crippen LogP contribution < -0.4 is 20.7 Å². The van der Waals surface area contributed by atoms with Crippen LogP contribution in [0.15, 0.2) is 97.3 Å². The summed E-state index contributed by atoms with van der Waals surface area (Å²) >= 11 is 0. The number of benzene rings is 2. The third-order valence-electron chi connectivity index (χ3n) is 6.22. The molecule has 0 atom stereocenters. The van der Waals surface area contributed by atoms with Crippen LogP contribution in [-0.4, -0.2) is 26.1 Å². The first-order valence-corrected chi connectivity index (χ1v) is 16.4. The van der Waals surface area contributed by atoms with E-state index in [0.29, 0.717) is 0 Å². The predicted octanol–water partition coefficient (Wildman–Crippen LogP) is 3.79. The molecular weight excluding hydrogens is 396 g/mol. The van der Waals surface area contributed by atoms with Gasteiger partial charge < -0.3 is 0 Å². The lowest BCUT2D eigenvalue weighted by Gasteiger charge is -2.24. The summed E-state index contributed by atoms with van der Waals surface area (Å²) in [5, 5.41) is 5.53. The Bertz CT molecular complexity index is 1010. The highest BCUT2D eigenvalue weighted by molar-refractivity contribution is 7.00. The summed E-state index contributed by atoms with van der Waals surface area (Å²) in [7, 11) is -3.46. The first kappa shape index (κ1) is 20.4. The molecule has 0 radical (unpaired) electrons. The molecule has 2 heterocycles. The molecule has 150 valence electrons. The van der Waals surface area contributed by atoms with Crippen molar-refractivity contribution in [2.45, 2.75) is 26.2 Å². The molecule has 2 aromatic carbocycles. The van der Waals surface area contributed by atoms with Gasteiger partial charge in [-0.2, -0.15) is 0 Å². The molecule has 4 heteroatoms. The lowest BCUT2D eigenvalue weighted by Crippen LogP contribution is -2.53. The molecule has 0 fully saturated rings. The van der Waals surface area contributed by atoms with Gasteiger partial charge in [0.2, 0.25) is 0 Å². The van der Waals surface area contributed by atoms with E-state index in [1.807, 2.05) is 12.4 Å². The van der Waals surface area contributed by atoms with Crippen LogP contribution in [0.25, 0.3) is 11.4 Å². The van der Waals surface area contributed by atoms with Gasteiger partial charge in [-0.25, -0.2) is 0 Å². The molecule has 0 amide bonds. The van der Waals surface area contributed by atoms with Crippen molar-refractivity contribution in [2.24, 2.45) is 0 Å². The van der Waals surface area contributed by atoms with E-state index in [4.69, 9.17) is 9.97 Å². The van der Waals surface area contributed by atoms with E-state index in [9.17, 15) is 0 Å². The van der Waals surface area contributed by atoms with Crippen molar-refractivity contribution in [1.82, 2.24) is 9.97 Å². The molecule has 2 aromatic heterocycles. The van der Waals surface area contributed by atoms with Crippen LogP contribution in [-0.2, 0) is 0 Å². The van der Waals surface area contributed by atoms with Gasteiger partial charge in [0.15, 0.2) is 0 Å². The Kier molecular flexibility index (Phi) is 5.54. The number of rotatable bonds is 5. The smallest absolute Gasteiger partial charge is 0.114 e. The van der Waals surface area contributed by atoms with E-state index in [-0.39, 0.29) is 0 Å². The standard InChI is InChI=1S/C26H28N2Si2/c1-29(2,21-11-7-5-8-12-21)23-15-17-25(27-19-23)26-18-16-24(20-28-26)30(3,4)22-13-9-6-10-14-22/h5-20H,1-4H3. The summed E-state index contributed by atoms with van der Waals surface area (Å²) < 4.78 is 0. The van der Waals surface area contributed by atoms with Crippen LogP contribution in [0.2, 0.25) is 26.2 Å². The Morgan fingerprint density at radius 1 is 0.433 bits per heavy atom. The third-order valence-corrected chi connectivity index (χ3v) is 13.3. The summed E-state index contributed by atoms with van der Waals surface area (Å²) in [5.74, 6) is 0. The van der Waals surface area contributed by atoms with E-state index in [0.717, 1.165) is 11.4 Å². The van der Waals surface area contributed by atoms with Crippen molar-refractivity contribution in [3.8, 4) is 11.4 Å². The fourth-order valence-corrected chi connectivity index (χ4v) is 8.37. The molecule has 0 aliphatic carbocycles. The molecule has 0 saturated carbocycles. The fraction of sp³-hybridized carbons (Fsp3) is 0.154. The first-order chi connectivity index (χ1) is 14.4. The number of nitrogens with zero attached hydrogens (tertiary/aromatic N) is 2. The van der Waals surface area contributed by atoms with Gasteiger partial charge in [0.25, 0.3) is 0 Å². The van der Waals surface area contributed by atoms with Gasteiger partial charge >= 0.3 is 0 Å². The van der Waals surface area contributed by atoms with E-state index in [1.165, 1.54) is 20.7 Å². The number of hydrogen-bond donors (Lipinski definition) is 0. The molecule has 4 rings (SSSR count). The average Bonchev–Trinajstić information content (AvgIpc) is 2.80. The average molecular weight is 425 g/mol. The summed E-state index contributed by atoms with van der Waals surface area (Å²) in [6, 6.07) is 30.3. The molecule has 0 saturated heterocycles. The van der Waals surface area contributed by atoms with Crippen LogP contribution in [0.1, 0.15) is 0 Å². The zero-order chi connectivity index (χ0) is 21.2. The molecule has 4 aromatic rings. The predicted molar refractivity (Wildman–Crippen MR) is 134 cm³/mol. The number of aromatic nitrogens is 2. The lowest BCUT2D eigenvalue weighted by molar-refractivity contribution is 1.26. The van der Waals surface area contributed by atoms with E-state index in [2.05, 4.69) is 111 Å². The van der Waals surface area contributed by atoms with Gasteiger partial charge in [-0.05, 0) is 22.5 Å². The highest BCUT2D eigenvalue weighted by Gasteiger charge is 2.27. The van der Waals surface area contributed by atoms with Crippen molar-refractivity contribution in [1.29, 1.82) is 0 Å². The van der Waals surface area contributed by atoms with E-state index in [1.54, 1.807) is 0 Å². The topological polar surface area (TPSA) is 25.8 Å². The molecule has 0 spiro atoms. The summed E-state index contributed by atoms with van der Waals surface area (Å²) in [6.07, 6.45) is 4.10. The zero-order valence-corrected chi connectivity index (χ0v) is 20.1. The quantitative estimate of drug-likeness (QED) is 0.456. The Balaban J connectivity index is 1.58. The van der Waals surface area contributed by atoms with Gasteiger partial charge in [-0.3, -0.25) is 9.97 Å². The number of hydrogen-bond acceptors (Lipinski definition) is 2. The minimum Gasteiger partial charge on any atom is -0.255 e. The van der Waals surface area contributed by atoms with Crippen molar-refractivity contribution in [3.05, 3.63) is 97.3 Å². The van der Waals surface area contributed by atoms with Crippen molar-refractivity contribution in [3.63, 3.8) is 0 Å². The second kappa shape index (κ2) is 8.13. The van der Waals surface area contributed by atoms with Crippen LogP contribution >= 0.6 is 0 Å². The summed E-state index contributed by atoms with van der Waals surface area (Å²) in [4.78, 5) is 9.55. The molecule has 0 bridgehead atoms. The maximum atomic E-state index is 4.77. The summed E-state index contributed by atoms with van der Waals surface area (Å²) in [6.45, 7) is 9.51. The Hall–Kier alpha value is -2.83. The van der Waals surface area contributed by atoms with Crippen molar-refractivity contribution in [2.75, 3.05) is 0 Å². The molecule has 0 N–H and O–H groups in total. The van der Waals surface area contributed by atoms with Crippen LogP contribution in [0.5, 0.6) is 0 Å². The molecule has 2 nitrogen and oxygen atoms in total. The van der Waals surface area contributed by atoms with E-state index < -0.39 is 16.1 Å². The molecule has 0 unspecified atom stereocenters. The normalized spacial score (nSPS) is 12.0. The highest BCUT2D eigenvalue weighted by atomic mass is 28.3. The van der Waals surface area contributed by atoms with Crippen LogP contribution in [0, 0.1) is 0 Å². The minimum atomic E-state index is -1.73. The maximum absolute atomic E-state index is 4.77. The third kappa shape index (κ3) is 3.93. The van der Waals surface area contributed by atoms with Gasteiger partial charge in [0.1, 0.15) is 16.1 Å². The maximum Gasteiger partial charge on any atom is 0.114 e. The van der Waals surface area contributed by atoms with E-state index >= 15 is 0 Å². The summed E-state index contributed by atoms with van der Waals surface area (Å²) in [5.41, 5.74) is 1.87. The second-order valence-electron chi connectivity index (χ2n) is 8.85. The van der Waals surface area contributed by atoms with Gasteiger partial charge in [-0.15, -0.1) is 0 Å². The Morgan fingerprint density at radius 2 is 0.800 bits per heavy atom. The second-order valence-corrected chi connectivity index (χ2v) is 17.7.